The highest BCUT2D eigenvalue weighted by molar-refractivity contribution is 8.04. The standard InChI is InChI=1S/C32H24P/c1-5-15-25(16-6-1)31-29-23-13-14-24-30(29)33(27-19-9-3-10-20-27,28-21-11-4-12-22-28)32(31)26-17-7-2-8-18-26/h1-24H/q+1. The summed E-state index contributed by atoms with van der Waals surface area (Å²) in [4.78, 5) is 0. The molecule has 0 radical (unpaired) electrons. The fourth-order valence-corrected chi connectivity index (χ4v) is 10.0. The SMILES string of the molecule is c1ccc(C2=C(c3ccccc3)[P+](c3ccccc3)(c3ccccc3)c3ccccc32)cc1. The summed E-state index contributed by atoms with van der Waals surface area (Å²) in [7, 11) is -2.12. The summed E-state index contributed by atoms with van der Waals surface area (Å²) < 4.78 is 0. The lowest BCUT2D eigenvalue weighted by atomic mass is 9.96. The third kappa shape index (κ3) is 3.10. The summed E-state index contributed by atoms with van der Waals surface area (Å²) >= 11 is 0. The van der Waals surface area contributed by atoms with E-state index in [-0.39, 0.29) is 0 Å². The van der Waals surface area contributed by atoms with Gasteiger partial charge in [-0.25, -0.2) is 0 Å². The van der Waals surface area contributed by atoms with Crippen molar-refractivity contribution in [3.8, 4) is 0 Å². The molecule has 1 aliphatic heterocycles. The van der Waals surface area contributed by atoms with E-state index in [9.17, 15) is 0 Å². The average Bonchev–Trinajstić information content (AvgIpc) is 3.23. The number of hydrogen-bond acceptors (Lipinski definition) is 0. The van der Waals surface area contributed by atoms with Gasteiger partial charge in [-0.1, -0.05) is 115 Å². The first-order valence-corrected chi connectivity index (χ1v) is 13.2. The number of benzene rings is 5. The Labute approximate surface area is 196 Å². The highest BCUT2D eigenvalue weighted by atomic mass is 31.2. The first-order chi connectivity index (χ1) is 16.4. The Kier molecular flexibility index (Phi) is 5.02. The van der Waals surface area contributed by atoms with Gasteiger partial charge in [0.25, 0.3) is 0 Å². The van der Waals surface area contributed by atoms with Crippen LogP contribution in [-0.2, 0) is 0 Å². The molecular weight excluding hydrogens is 415 g/mol. The van der Waals surface area contributed by atoms with Gasteiger partial charge >= 0.3 is 0 Å². The van der Waals surface area contributed by atoms with Crippen molar-refractivity contribution in [1.82, 2.24) is 0 Å². The quantitative estimate of drug-likeness (QED) is 0.267. The number of fused-ring (bicyclic) bond motifs is 1. The van der Waals surface area contributed by atoms with Crippen LogP contribution < -0.4 is 15.9 Å². The van der Waals surface area contributed by atoms with Gasteiger partial charge in [0.2, 0.25) is 0 Å². The summed E-state index contributed by atoms with van der Waals surface area (Å²) in [5, 5.41) is 5.69. The van der Waals surface area contributed by atoms with Gasteiger partial charge < -0.3 is 0 Å². The summed E-state index contributed by atoms with van der Waals surface area (Å²) in [6.45, 7) is 0. The summed E-state index contributed by atoms with van der Waals surface area (Å²) in [5.41, 5.74) is 5.29. The van der Waals surface area contributed by atoms with Gasteiger partial charge in [-0.15, -0.1) is 0 Å². The van der Waals surface area contributed by atoms with Gasteiger partial charge in [-0.3, -0.25) is 0 Å². The molecule has 0 aliphatic carbocycles. The van der Waals surface area contributed by atoms with E-state index in [0.717, 1.165) is 0 Å². The molecule has 5 aromatic rings. The van der Waals surface area contributed by atoms with Crippen molar-refractivity contribution in [3.63, 3.8) is 0 Å². The van der Waals surface area contributed by atoms with Gasteiger partial charge in [0.15, 0.2) is 0 Å². The Bertz CT molecular complexity index is 1380. The zero-order valence-electron chi connectivity index (χ0n) is 18.3. The second-order valence-electron chi connectivity index (χ2n) is 8.31. The second kappa shape index (κ2) is 8.32. The molecule has 6 rings (SSSR count). The predicted molar refractivity (Wildman–Crippen MR) is 144 cm³/mol. The van der Waals surface area contributed by atoms with Crippen molar-refractivity contribution in [2.75, 3.05) is 0 Å². The molecule has 0 nitrogen and oxygen atoms in total. The van der Waals surface area contributed by atoms with Gasteiger partial charge in [0.1, 0.15) is 28.5 Å². The monoisotopic (exact) mass is 439 g/mol. The highest BCUT2D eigenvalue weighted by Crippen LogP contribution is 2.72. The van der Waals surface area contributed by atoms with Crippen LogP contribution in [0.3, 0.4) is 0 Å². The lowest BCUT2D eigenvalue weighted by Gasteiger charge is -2.27. The van der Waals surface area contributed by atoms with Crippen LogP contribution in [0.15, 0.2) is 146 Å². The zero-order valence-corrected chi connectivity index (χ0v) is 19.2. The molecular formula is C32H24P+. The molecule has 0 saturated heterocycles. The summed E-state index contributed by atoms with van der Waals surface area (Å²) in [5.74, 6) is 0. The van der Waals surface area contributed by atoms with Crippen molar-refractivity contribution < 1.29 is 0 Å². The second-order valence-corrected chi connectivity index (χ2v) is 11.6. The molecule has 0 spiro atoms. The number of rotatable bonds is 4. The van der Waals surface area contributed by atoms with Crippen molar-refractivity contribution in [2.45, 2.75) is 0 Å². The highest BCUT2D eigenvalue weighted by Gasteiger charge is 2.57. The maximum absolute atomic E-state index is 2.36. The Morgan fingerprint density at radius 3 is 1.33 bits per heavy atom. The molecule has 0 atom stereocenters. The molecule has 1 heterocycles. The normalized spacial score (nSPS) is 14.2. The lowest BCUT2D eigenvalue weighted by Crippen LogP contribution is -2.30. The Morgan fingerprint density at radius 1 is 0.364 bits per heavy atom. The molecule has 0 N–H and O–H groups in total. The van der Waals surface area contributed by atoms with Crippen LogP contribution in [0.25, 0.3) is 10.9 Å². The minimum Gasteiger partial charge on any atom is -0.0622 e. The van der Waals surface area contributed by atoms with Crippen molar-refractivity contribution in [2.24, 2.45) is 0 Å². The molecule has 5 aromatic carbocycles. The predicted octanol–water partition coefficient (Wildman–Crippen LogP) is 6.91. The van der Waals surface area contributed by atoms with Gasteiger partial charge in [0, 0.05) is 16.7 Å². The molecule has 33 heavy (non-hydrogen) atoms. The molecule has 0 amide bonds. The van der Waals surface area contributed by atoms with E-state index < -0.39 is 7.26 Å². The average molecular weight is 440 g/mol. The molecule has 0 fully saturated rings. The number of hydrogen-bond donors (Lipinski definition) is 0. The smallest absolute Gasteiger partial charge is 0.0622 e. The molecule has 0 bridgehead atoms. The molecule has 1 heteroatoms. The van der Waals surface area contributed by atoms with Gasteiger partial charge in [0.05, 0.1) is 0 Å². The van der Waals surface area contributed by atoms with E-state index in [4.69, 9.17) is 0 Å². The largest absolute Gasteiger partial charge is 0.146 e. The maximum atomic E-state index is 2.36. The fraction of sp³-hybridized carbons (Fsp3) is 0. The Hall–Kier alpha value is -3.73. The van der Waals surface area contributed by atoms with E-state index in [1.165, 1.54) is 43.5 Å². The summed E-state index contributed by atoms with van der Waals surface area (Å²) in [6.07, 6.45) is 0. The first kappa shape index (κ1) is 19.9. The van der Waals surface area contributed by atoms with Crippen LogP contribution in [0.4, 0.5) is 0 Å². The minimum atomic E-state index is -2.12. The molecule has 0 unspecified atom stereocenters. The summed E-state index contributed by atoms with van der Waals surface area (Å²) in [6, 6.07) is 53.3. The first-order valence-electron chi connectivity index (χ1n) is 11.4. The minimum absolute atomic E-state index is 1.28. The van der Waals surface area contributed by atoms with Crippen LogP contribution in [0.1, 0.15) is 16.7 Å². The third-order valence-corrected chi connectivity index (χ3v) is 10.9. The lowest BCUT2D eigenvalue weighted by molar-refractivity contribution is 1.58. The van der Waals surface area contributed by atoms with Gasteiger partial charge in [-0.2, -0.15) is 0 Å². The van der Waals surface area contributed by atoms with Crippen molar-refractivity contribution in [1.29, 1.82) is 0 Å². The van der Waals surface area contributed by atoms with E-state index in [1.54, 1.807) is 0 Å². The van der Waals surface area contributed by atoms with Crippen LogP contribution in [0.2, 0.25) is 0 Å². The maximum Gasteiger partial charge on any atom is 0.146 e. The van der Waals surface area contributed by atoms with Crippen molar-refractivity contribution in [3.05, 3.63) is 162 Å². The van der Waals surface area contributed by atoms with Crippen LogP contribution >= 0.6 is 7.26 Å². The topological polar surface area (TPSA) is 0 Å². The molecule has 0 saturated carbocycles. The van der Waals surface area contributed by atoms with E-state index in [2.05, 4.69) is 146 Å². The van der Waals surface area contributed by atoms with Crippen LogP contribution in [-0.4, -0.2) is 0 Å². The third-order valence-electron chi connectivity index (χ3n) is 6.50. The van der Waals surface area contributed by atoms with Crippen LogP contribution in [0.5, 0.6) is 0 Å². The molecule has 1 aliphatic rings. The molecule has 0 aromatic heterocycles. The Balaban J connectivity index is 1.85. The van der Waals surface area contributed by atoms with E-state index in [1.807, 2.05) is 0 Å². The van der Waals surface area contributed by atoms with E-state index >= 15 is 0 Å². The fourth-order valence-electron chi connectivity index (χ4n) is 5.21. The van der Waals surface area contributed by atoms with Gasteiger partial charge in [-0.05, 0) is 35.9 Å². The Morgan fingerprint density at radius 2 is 0.788 bits per heavy atom. The van der Waals surface area contributed by atoms with Crippen molar-refractivity contribution >= 4 is 34.1 Å². The van der Waals surface area contributed by atoms with Crippen LogP contribution in [0, 0.1) is 0 Å². The van der Waals surface area contributed by atoms with E-state index in [0.29, 0.717) is 0 Å². The zero-order chi connectivity index (χ0) is 22.1. The molecule has 156 valence electrons.